The van der Waals surface area contributed by atoms with E-state index in [4.69, 9.17) is 19.4 Å². The van der Waals surface area contributed by atoms with Gasteiger partial charge in [-0.15, -0.1) is 11.3 Å². The van der Waals surface area contributed by atoms with Crippen LogP contribution in [0.1, 0.15) is 0 Å². The van der Waals surface area contributed by atoms with Gasteiger partial charge in [-0.25, -0.2) is 15.0 Å². The van der Waals surface area contributed by atoms with Crippen molar-refractivity contribution in [2.75, 3.05) is 0 Å². The monoisotopic (exact) mass is 820 g/mol. The van der Waals surface area contributed by atoms with Crippen LogP contribution in [0.3, 0.4) is 0 Å². The molecule has 0 atom stereocenters. The van der Waals surface area contributed by atoms with E-state index in [1.807, 2.05) is 0 Å². The van der Waals surface area contributed by atoms with E-state index in [-0.39, 0.29) is 0 Å². The molecule has 292 valence electrons. The summed E-state index contributed by atoms with van der Waals surface area (Å²) in [7, 11) is 0. The lowest BCUT2D eigenvalue weighted by atomic mass is 10.0. The average Bonchev–Trinajstić information content (AvgIpc) is 4.01. The highest BCUT2D eigenvalue weighted by molar-refractivity contribution is 7.26. The maximum Gasteiger partial charge on any atom is 0.166 e. The number of furan rings is 1. The van der Waals surface area contributed by atoms with Gasteiger partial charge in [0.2, 0.25) is 0 Å². The third-order valence-electron chi connectivity index (χ3n) is 12.8. The summed E-state index contributed by atoms with van der Waals surface area (Å²) in [6.45, 7) is 0. The fourth-order valence-electron chi connectivity index (χ4n) is 9.86. The molecule has 0 saturated heterocycles. The minimum atomic E-state index is 0.583. The van der Waals surface area contributed by atoms with Crippen LogP contribution in [0.2, 0.25) is 0 Å². The summed E-state index contributed by atoms with van der Waals surface area (Å²) in [5.41, 5.74) is 7.52. The van der Waals surface area contributed by atoms with Crippen LogP contribution in [-0.4, -0.2) is 19.5 Å². The predicted octanol–water partition coefficient (Wildman–Crippen LogP) is 15.7. The lowest BCUT2D eigenvalue weighted by Gasteiger charge is -2.15. The molecule has 4 aromatic heterocycles. The fourth-order valence-corrected chi connectivity index (χ4v) is 11.1. The first kappa shape index (κ1) is 34.5. The Morgan fingerprint density at radius 2 is 1.03 bits per heavy atom. The Labute approximate surface area is 363 Å². The first-order chi connectivity index (χ1) is 31.2. The second kappa shape index (κ2) is 13.2. The minimum Gasteiger partial charge on any atom is -0.456 e. The van der Waals surface area contributed by atoms with Gasteiger partial charge < -0.3 is 8.98 Å². The summed E-state index contributed by atoms with van der Waals surface area (Å²) < 4.78 is 11.6. The summed E-state index contributed by atoms with van der Waals surface area (Å²) in [6, 6.07) is 69.1. The van der Waals surface area contributed by atoms with Crippen LogP contribution >= 0.6 is 11.3 Å². The highest BCUT2D eigenvalue weighted by atomic mass is 32.1. The normalized spacial score (nSPS) is 12.1. The van der Waals surface area contributed by atoms with Crippen LogP contribution in [0.25, 0.3) is 136 Å². The molecule has 6 heteroatoms. The Morgan fingerprint density at radius 3 is 1.89 bits per heavy atom. The number of fused-ring (bicyclic) bond motifs is 13. The molecule has 0 fully saturated rings. The molecule has 0 aliphatic heterocycles. The zero-order valence-corrected chi connectivity index (χ0v) is 34.4. The SMILES string of the molecule is c1ccc2cc(-c3nc(-c4cc5c(cc4-n4c6ccccc6c6cc7ccccc7cc64)oc4ccc6ccccc6c45)nc(-c4cccc5c4sc4ccccc45)n3)ccc2c1. The molecule has 0 unspecified atom stereocenters. The molecule has 0 radical (unpaired) electrons. The summed E-state index contributed by atoms with van der Waals surface area (Å²) in [6.07, 6.45) is 0. The molecule has 0 saturated carbocycles. The number of hydrogen-bond acceptors (Lipinski definition) is 5. The van der Waals surface area contributed by atoms with Crippen molar-refractivity contribution in [1.29, 1.82) is 0 Å². The first-order valence-electron chi connectivity index (χ1n) is 21.2. The molecule has 0 aliphatic rings. The maximum absolute atomic E-state index is 6.82. The lowest BCUT2D eigenvalue weighted by molar-refractivity contribution is 0.669. The topological polar surface area (TPSA) is 56.7 Å². The third-order valence-corrected chi connectivity index (χ3v) is 14.0. The van der Waals surface area contributed by atoms with Crippen LogP contribution in [-0.2, 0) is 0 Å². The van der Waals surface area contributed by atoms with E-state index in [0.717, 1.165) is 81.6 Å². The molecular formula is C57H32N4OS. The van der Waals surface area contributed by atoms with Crippen molar-refractivity contribution in [2.24, 2.45) is 0 Å². The zero-order chi connectivity index (χ0) is 41.2. The van der Waals surface area contributed by atoms with Gasteiger partial charge in [-0.1, -0.05) is 140 Å². The maximum atomic E-state index is 6.82. The smallest absolute Gasteiger partial charge is 0.166 e. The average molecular weight is 821 g/mol. The highest BCUT2D eigenvalue weighted by Gasteiger charge is 2.24. The van der Waals surface area contributed by atoms with E-state index >= 15 is 0 Å². The van der Waals surface area contributed by atoms with Gasteiger partial charge in [0.15, 0.2) is 17.5 Å². The molecule has 14 rings (SSSR count). The molecular weight excluding hydrogens is 789 g/mol. The van der Waals surface area contributed by atoms with Gasteiger partial charge in [0, 0.05) is 64.5 Å². The van der Waals surface area contributed by atoms with E-state index in [1.54, 1.807) is 11.3 Å². The van der Waals surface area contributed by atoms with E-state index in [2.05, 4.69) is 199 Å². The Kier molecular flexibility index (Phi) is 7.21. The molecule has 0 spiro atoms. The molecule has 63 heavy (non-hydrogen) atoms. The van der Waals surface area contributed by atoms with Gasteiger partial charge in [-0.05, 0) is 80.8 Å². The van der Waals surface area contributed by atoms with Gasteiger partial charge in [-0.2, -0.15) is 0 Å². The third kappa shape index (κ3) is 5.19. The summed E-state index contributed by atoms with van der Waals surface area (Å²) in [5, 5.41) is 13.8. The van der Waals surface area contributed by atoms with Crippen LogP contribution in [0.15, 0.2) is 199 Å². The van der Waals surface area contributed by atoms with Crippen molar-refractivity contribution in [3.05, 3.63) is 194 Å². The minimum absolute atomic E-state index is 0.583. The summed E-state index contributed by atoms with van der Waals surface area (Å²) >= 11 is 1.78. The molecule has 0 N–H and O–H groups in total. The zero-order valence-electron chi connectivity index (χ0n) is 33.6. The number of aromatic nitrogens is 4. The highest BCUT2D eigenvalue weighted by Crippen LogP contribution is 2.44. The Balaban J connectivity index is 1.13. The van der Waals surface area contributed by atoms with E-state index in [9.17, 15) is 0 Å². The van der Waals surface area contributed by atoms with Gasteiger partial charge in [0.25, 0.3) is 0 Å². The van der Waals surface area contributed by atoms with Crippen LogP contribution in [0.4, 0.5) is 0 Å². The molecule has 5 nitrogen and oxygen atoms in total. The number of thiophene rings is 1. The van der Waals surface area contributed by atoms with Gasteiger partial charge in [-0.3, -0.25) is 0 Å². The number of benzene rings is 10. The first-order valence-corrected chi connectivity index (χ1v) is 22.0. The number of nitrogens with zero attached hydrogens (tertiary/aromatic N) is 4. The lowest BCUT2D eigenvalue weighted by Crippen LogP contribution is -2.04. The van der Waals surface area contributed by atoms with Crippen LogP contribution in [0.5, 0.6) is 0 Å². The van der Waals surface area contributed by atoms with Crippen molar-refractivity contribution in [1.82, 2.24) is 19.5 Å². The second-order valence-corrected chi connectivity index (χ2v) is 17.4. The Bertz CT molecular complexity index is 4230. The second-order valence-electron chi connectivity index (χ2n) is 16.3. The van der Waals surface area contributed by atoms with E-state index in [0.29, 0.717) is 17.5 Å². The Morgan fingerprint density at radius 1 is 0.381 bits per heavy atom. The standard InChI is InChI=1S/C57H32N4OS/c1-2-14-35-28-38(25-24-33(35)12-1)55-58-56(43-21-11-20-42-41-19-8-10-23-52(41)63-54(42)43)60-57(59-55)45-31-46-51(62-50-27-26-34-13-5-6-17-39(34)53(46)50)32-49(45)61-47-22-9-7-18-40(47)44-29-36-15-3-4-16-37(36)30-48(44)61/h1-32H. The molecule has 4 heterocycles. The Hall–Kier alpha value is -8.19. The molecule has 0 aliphatic carbocycles. The molecule has 0 amide bonds. The van der Waals surface area contributed by atoms with Crippen molar-refractivity contribution in [3.8, 4) is 39.9 Å². The van der Waals surface area contributed by atoms with Crippen molar-refractivity contribution in [3.63, 3.8) is 0 Å². The van der Waals surface area contributed by atoms with E-state index < -0.39 is 0 Å². The predicted molar refractivity (Wildman–Crippen MR) is 263 cm³/mol. The number of hydrogen-bond donors (Lipinski definition) is 0. The number of para-hydroxylation sites is 1. The molecule has 0 bridgehead atoms. The van der Waals surface area contributed by atoms with Gasteiger partial charge in [0.1, 0.15) is 11.2 Å². The van der Waals surface area contributed by atoms with Crippen molar-refractivity contribution >= 4 is 108 Å². The molecule has 10 aromatic carbocycles. The van der Waals surface area contributed by atoms with E-state index in [1.165, 1.54) is 37.0 Å². The quantitative estimate of drug-likeness (QED) is 0.177. The van der Waals surface area contributed by atoms with Gasteiger partial charge in [0.05, 0.1) is 16.7 Å². The largest absolute Gasteiger partial charge is 0.456 e. The number of rotatable bonds is 4. The van der Waals surface area contributed by atoms with Gasteiger partial charge >= 0.3 is 0 Å². The summed E-state index contributed by atoms with van der Waals surface area (Å²) in [4.78, 5) is 16.4. The molecule has 14 aromatic rings. The van der Waals surface area contributed by atoms with Crippen molar-refractivity contribution in [2.45, 2.75) is 0 Å². The fraction of sp³-hybridized carbons (Fsp3) is 0. The van der Waals surface area contributed by atoms with Crippen molar-refractivity contribution < 1.29 is 4.42 Å². The van der Waals surface area contributed by atoms with Crippen LogP contribution in [0, 0.1) is 0 Å². The summed E-state index contributed by atoms with van der Waals surface area (Å²) in [5.74, 6) is 1.82. The van der Waals surface area contributed by atoms with Crippen LogP contribution < -0.4 is 0 Å².